The maximum atomic E-state index is 12.0. The predicted octanol–water partition coefficient (Wildman–Crippen LogP) is 0.587. The molecular weight excluding hydrogens is 260 g/mol. The number of nitrogens with one attached hydrogen (secondary N) is 2. The zero-order valence-electron chi connectivity index (χ0n) is 12.3. The SMILES string of the molecule is [CH2]C(=C)C(=O)N[C@@H](CC(C)C)C(=O)NCC(=O)OCC. The third-order valence-corrected chi connectivity index (χ3v) is 2.36. The Bertz CT molecular complexity index is 377. The molecule has 1 radical (unpaired) electrons. The van der Waals surface area contributed by atoms with Crippen molar-refractivity contribution in [2.45, 2.75) is 33.2 Å². The van der Waals surface area contributed by atoms with Crippen LogP contribution in [0.25, 0.3) is 0 Å². The summed E-state index contributed by atoms with van der Waals surface area (Å²) in [6.07, 6.45) is 0.452. The first-order valence-electron chi connectivity index (χ1n) is 6.53. The molecule has 0 saturated carbocycles. The molecular formula is C14H23N2O4. The summed E-state index contributed by atoms with van der Waals surface area (Å²) in [6, 6.07) is -0.726. The monoisotopic (exact) mass is 283 g/mol. The van der Waals surface area contributed by atoms with Gasteiger partial charge in [-0.15, -0.1) is 0 Å². The van der Waals surface area contributed by atoms with Gasteiger partial charge in [0, 0.05) is 5.57 Å². The van der Waals surface area contributed by atoms with Crippen LogP contribution in [0.5, 0.6) is 0 Å². The molecule has 0 fully saturated rings. The van der Waals surface area contributed by atoms with Crippen LogP contribution in [0.3, 0.4) is 0 Å². The summed E-state index contributed by atoms with van der Waals surface area (Å²) >= 11 is 0. The molecule has 2 amide bonds. The molecule has 0 unspecified atom stereocenters. The normalized spacial score (nSPS) is 11.7. The minimum absolute atomic E-state index is 0.0805. The second kappa shape index (κ2) is 9.12. The van der Waals surface area contributed by atoms with Crippen molar-refractivity contribution in [1.29, 1.82) is 0 Å². The Morgan fingerprint density at radius 3 is 2.30 bits per heavy atom. The average molecular weight is 283 g/mol. The van der Waals surface area contributed by atoms with E-state index in [0.717, 1.165) is 0 Å². The number of hydrogen-bond acceptors (Lipinski definition) is 4. The fourth-order valence-corrected chi connectivity index (χ4v) is 1.46. The van der Waals surface area contributed by atoms with Gasteiger partial charge >= 0.3 is 5.97 Å². The molecule has 0 spiro atoms. The number of carbonyl (C=O) groups is 3. The molecule has 0 heterocycles. The van der Waals surface area contributed by atoms with Gasteiger partial charge in [-0.2, -0.15) is 0 Å². The first-order chi connectivity index (χ1) is 9.27. The molecule has 0 saturated heterocycles. The van der Waals surface area contributed by atoms with Gasteiger partial charge in [0.1, 0.15) is 12.6 Å². The van der Waals surface area contributed by atoms with E-state index in [9.17, 15) is 14.4 Å². The molecule has 0 aliphatic rings. The van der Waals surface area contributed by atoms with E-state index in [1.54, 1.807) is 6.92 Å². The minimum Gasteiger partial charge on any atom is -0.465 e. The van der Waals surface area contributed by atoms with Crippen LogP contribution >= 0.6 is 0 Å². The number of esters is 1. The van der Waals surface area contributed by atoms with Crippen molar-refractivity contribution in [3.63, 3.8) is 0 Å². The summed E-state index contributed by atoms with van der Waals surface area (Å²) in [5.41, 5.74) is 0.0805. The highest BCUT2D eigenvalue weighted by molar-refractivity contribution is 5.97. The fraction of sp³-hybridized carbons (Fsp3) is 0.571. The molecule has 0 aromatic rings. The van der Waals surface area contributed by atoms with Crippen molar-refractivity contribution < 1.29 is 19.1 Å². The van der Waals surface area contributed by atoms with Crippen LogP contribution in [0.2, 0.25) is 0 Å². The highest BCUT2D eigenvalue weighted by Crippen LogP contribution is 2.05. The van der Waals surface area contributed by atoms with Gasteiger partial charge in [-0.3, -0.25) is 14.4 Å². The molecule has 0 aliphatic heterocycles. The van der Waals surface area contributed by atoms with Gasteiger partial charge in [-0.05, 0) is 26.2 Å². The number of carbonyl (C=O) groups excluding carboxylic acids is 3. The van der Waals surface area contributed by atoms with E-state index >= 15 is 0 Å². The number of hydrogen-bond donors (Lipinski definition) is 2. The van der Waals surface area contributed by atoms with E-state index in [-0.39, 0.29) is 24.6 Å². The Morgan fingerprint density at radius 1 is 1.25 bits per heavy atom. The van der Waals surface area contributed by atoms with Crippen LogP contribution < -0.4 is 10.6 Å². The van der Waals surface area contributed by atoms with Crippen LogP contribution in [-0.4, -0.2) is 37.0 Å². The zero-order chi connectivity index (χ0) is 15.7. The molecule has 0 rings (SSSR count). The lowest BCUT2D eigenvalue weighted by atomic mass is 10.0. The van der Waals surface area contributed by atoms with Crippen LogP contribution in [0.1, 0.15) is 27.2 Å². The van der Waals surface area contributed by atoms with Crippen molar-refractivity contribution >= 4 is 17.8 Å². The molecule has 6 nitrogen and oxygen atoms in total. The Morgan fingerprint density at radius 2 is 1.85 bits per heavy atom. The van der Waals surface area contributed by atoms with Crippen LogP contribution in [0.15, 0.2) is 12.2 Å². The summed E-state index contributed by atoms with van der Waals surface area (Å²) in [5, 5.41) is 4.98. The Balaban J connectivity index is 4.52. The largest absolute Gasteiger partial charge is 0.465 e. The van der Waals surface area contributed by atoms with E-state index in [4.69, 9.17) is 4.74 Å². The van der Waals surface area contributed by atoms with E-state index in [1.807, 2.05) is 13.8 Å². The third kappa shape index (κ3) is 7.56. The Labute approximate surface area is 119 Å². The number of ether oxygens (including phenoxy) is 1. The summed E-state index contributed by atoms with van der Waals surface area (Å²) < 4.78 is 4.71. The summed E-state index contributed by atoms with van der Waals surface area (Å²) in [7, 11) is 0. The van der Waals surface area contributed by atoms with Gasteiger partial charge in [0.15, 0.2) is 0 Å². The summed E-state index contributed by atoms with van der Waals surface area (Å²) in [6.45, 7) is 12.4. The smallest absolute Gasteiger partial charge is 0.325 e. The number of amides is 2. The van der Waals surface area contributed by atoms with Gasteiger partial charge < -0.3 is 15.4 Å². The van der Waals surface area contributed by atoms with E-state index in [1.165, 1.54) is 0 Å². The molecule has 0 aromatic carbocycles. The van der Waals surface area contributed by atoms with Crippen molar-refractivity contribution in [1.82, 2.24) is 10.6 Å². The summed E-state index contributed by atoms with van der Waals surface area (Å²) in [4.78, 5) is 34.7. The third-order valence-electron chi connectivity index (χ3n) is 2.36. The Kier molecular flexibility index (Phi) is 8.27. The lowest BCUT2D eigenvalue weighted by molar-refractivity contribution is -0.143. The van der Waals surface area contributed by atoms with Gasteiger partial charge in [0.25, 0.3) is 0 Å². The number of rotatable bonds is 8. The first-order valence-corrected chi connectivity index (χ1v) is 6.53. The van der Waals surface area contributed by atoms with Crippen molar-refractivity contribution in [2.75, 3.05) is 13.2 Å². The summed E-state index contributed by atoms with van der Waals surface area (Å²) in [5.74, 6) is -1.23. The zero-order valence-corrected chi connectivity index (χ0v) is 12.3. The van der Waals surface area contributed by atoms with Gasteiger partial charge in [0.05, 0.1) is 6.61 Å². The van der Waals surface area contributed by atoms with Gasteiger partial charge in [-0.1, -0.05) is 20.4 Å². The van der Waals surface area contributed by atoms with Crippen LogP contribution in [0, 0.1) is 12.8 Å². The molecule has 6 heteroatoms. The van der Waals surface area contributed by atoms with Gasteiger partial charge in [0.2, 0.25) is 11.8 Å². The Hall–Kier alpha value is -1.85. The highest BCUT2D eigenvalue weighted by Gasteiger charge is 2.22. The van der Waals surface area contributed by atoms with Crippen molar-refractivity contribution in [2.24, 2.45) is 5.92 Å². The molecule has 0 bridgehead atoms. The first kappa shape index (κ1) is 18.1. The maximum absolute atomic E-state index is 12.0. The molecule has 20 heavy (non-hydrogen) atoms. The maximum Gasteiger partial charge on any atom is 0.325 e. The second-order valence-electron chi connectivity index (χ2n) is 4.78. The standard InChI is InChI=1S/C14H23N2O4/c1-6-20-12(17)8-15-14(19)11(7-9(2)3)16-13(18)10(4)5/h9,11H,4-8H2,1-3H3,(H,15,19)(H,16,18)/t11-/m0/s1. The molecule has 1 atom stereocenters. The van der Waals surface area contributed by atoms with Crippen LogP contribution in [-0.2, 0) is 19.1 Å². The molecule has 2 N–H and O–H groups in total. The lowest BCUT2D eigenvalue weighted by Crippen LogP contribution is -2.48. The topological polar surface area (TPSA) is 84.5 Å². The van der Waals surface area contributed by atoms with Crippen LogP contribution in [0.4, 0.5) is 0 Å². The molecule has 0 aliphatic carbocycles. The second-order valence-corrected chi connectivity index (χ2v) is 4.78. The lowest BCUT2D eigenvalue weighted by Gasteiger charge is -2.20. The van der Waals surface area contributed by atoms with Gasteiger partial charge in [-0.25, -0.2) is 0 Å². The average Bonchev–Trinajstić information content (AvgIpc) is 2.34. The van der Waals surface area contributed by atoms with E-state index in [0.29, 0.717) is 6.42 Å². The fourth-order valence-electron chi connectivity index (χ4n) is 1.46. The molecule has 113 valence electrons. The minimum atomic E-state index is -0.726. The van der Waals surface area contributed by atoms with Crippen molar-refractivity contribution in [3.8, 4) is 0 Å². The van der Waals surface area contributed by atoms with E-state index in [2.05, 4.69) is 24.1 Å². The molecule has 0 aromatic heterocycles. The highest BCUT2D eigenvalue weighted by atomic mass is 16.5. The van der Waals surface area contributed by atoms with Crippen molar-refractivity contribution in [3.05, 3.63) is 19.1 Å². The van der Waals surface area contributed by atoms with E-state index < -0.39 is 23.8 Å². The predicted molar refractivity (Wildman–Crippen MR) is 75.5 cm³/mol. The quantitative estimate of drug-likeness (QED) is 0.504.